The van der Waals surface area contributed by atoms with Gasteiger partial charge in [0.15, 0.2) is 0 Å². The van der Waals surface area contributed by atoms with Crippen LogP contribution in [-0.2, 0) is 16.4 Å². The van der Waals surface area contributed by atoms with Crippen LogP contribution in [-0.4, -0.2) is 21.6 Å². The maximum Gasteiger partial charge on any atom is 0.240 e. The lowest BCUT2D eigenvalue weighted by molar-refractivity contribution is 0.409. The summed E-state index contributed by atoms with van der Waals surface area (Å²) >= 11 is 0. The van der Waals surface area contributed by atoms with Crippen molar-refractivity contribution in [2.45, 2.75) is 45.1 Å². The molecule has 0 aromatic heterocycles. The molecule has 1 N–H and O–H groups in total. The monoisotopic (exact) mass is 285 g/mol. The summed E-state index contributed by atoms with van der Waals surface area (Å²) in [5.74, 6) is 0.969. The average molecular weight is 285 g/mol. The van der Waals surface area contributed by atoms with Gasteiger partial charge in [-0.25, -0.2) is 13.1 Å². The molecule has 0 aliphatic carbocycles. The molecule has 1 atom stereocenters. The topological polar surface area (TPSA) is 55.4 Å². The Morgan fingerprint density at radius 3 is 2.37 bits per heavy atom. The summed E-state index contributed by atoms with van der Waals surface area (Å²) in [7, 11) is -1.88. The van der Waals surface area contributed by atoms with Crippen LogP contribution in [0.4, 0.5) is 0 Å². The van der Waals surface area contributed by atoms with Crippen molar-refractivity contribution < 1.29 is 13.2 Å². The van der Waals surface area contributed by atoms with Gasteiger partial charge in [0.2, 0.25) is 10.0 Å². The fraction of sp³-hybridized carbons (Fsp3) is 0.571. The Balaban J connectivity index is 3.08. The van der Waals surface area contributed by atoms with E-state index in [2.05, 4.69) is 4.72 Å². The molecule has 108 valence electrons. The summed E-state index contributed by atoms with van der Waals surface area (Å²) in [6, 6.07) is 4.85. The number of ether oxygens (including phenoxy) is 1. The van der Waals surface area contributed by atoms with E-state index in [4.69, 9.17) is 4.74 Å². The highest BCUT2D eigenvalue weighted by Crippen LogP contribution is 2.23. The lowest BCUT2D eigenvalue weighted by Crippen LogP contribution is -2.36. The quantitative estimate of drug-likeness (QED) is 0.874. The molecule has 1 aromatic rings. The maximum atomic E-state index is 12.3. The molecule has 0 unspecified atom stereocenters. The largest absolute Gasteiger partial charge is 0.496 e. The molecule has 0 fully saturated rings. The SMILES string of the molecule is CCc1cc(S(=O)(=O)N[C@H](C)C(C)C)ccc1OC. The summed E-state index contributed by atoms with van der Waals surface area (Å²) in [6.45, 7) is 7.81. The highest BCUT2D eigenvalue weighted by molar-refractivity contribution is 7.89. The summed E-state index contributed by atoms with van der Waals surface area (Å²) in [6.07, 6.45) is 0.728. The third-order valence-corrected chi connectivity index (χ3v) is 4.84. The van der Waals surface area contributed by atoms with Crippen molar-refractivity contribution >= 4 is 10.0 Å². The highest BCUT2D eigenvalue weighted by atomic mass is 32.2. The molecule has 0 heterocycles. The molecule has 0 saturated heterocycles. The van der Waals surface area contributed by atoms with Gasteiger partial charge in [0, 0.05) is 6.04 Å². The van der Waals surface area contributed by atoms with E-state index in [0.717, 1.165) is 17.7 Å². The van der Waals surface area contributed by atoms with E-state index in [0.29, 0.717) is 0 Å². The van der Waals surface area contributed by atoms with Crippen molar-refractivity contribution in [2.24, 2.45) is 5.92 Å². The van der Waals surface area contributed by atoms with Crippen LogP contribution in [0.1, 0.15) is 33.3 Å². The number of hydrogen-bond acceptors (Lipinski definition) is 3. The molecule has 19 heavy (non-hydrogen) atoms. The van der Waals surface area contributed by atoms with Gasteiger partial charge in [-0.15, -0.1) is 0 Å². The number of benzene rings is 1. The Kier molecular flexibility index (Phi) is 5.38. The van der Waals surface area contributed by atoms with Crippen LogP contribution in [0.2, 0.25) is 0 Å². The summed E-state index contributed by atoms with van der Waals surface area (Å²) in [5, 5.41) is 0. The van der Waals surface area contributed by atoms with E-state index in [1.807, 2.05) is 27.7 Å². The third kappa shape index (κ3) is 3.94. The van der Waals surface area contributed by atoms with E-state index in [-0.39, 0.29) is 16.9 Å². The molecule has 0 aliphatic rings. The number of rotatable bonds is 6. The number of methoxy groups -OCH3 is 1. The molecule has 0 aliphatic heterocycles. The van der Waals surface area contributed by atoms with Gasteiger partial charge in [0.25, 0.3) is 0 Å². The predicted molar refractivity (Wildman–Crippen MR) is 77.0 cm³/mol. The molecule has 4 nitrogen and oxygen atoms in total. The molecule has 5 heteroatoms. The van der Waals surface area contributed by atoms with Crippen molar-refractivity contribution in [3.05, 3.63) is 23.8 Å². The lowest BCUT2D eigenvalue weighted by atomic mass is 10.1. The summed E-state index contributed by atoms with van der Waals surface area (Å²) < 4.78 is 32.4. The van der Waals surface area contributed by atoms with Gasteiger partial charge in [-0.1, -0.05) is 20.8 Å². The van der Waals surface area contributed by atoms with Crippen LogP contribution in [0.15, 0.2) is 23.1 Å². The molecule has 0 amide bonds. The molecular formula is C14H23NO3S. The van der Waals surface area contributed by atoms with Crippen molar-refractivity contribution in [3.8, 4) is 5.75 Å². The van der Waals surface area contributed by atoms with Gasteiger partial charge >= 0.3 is 0 Å². The molecule has 0 bridgehead atoms. The molecule has 0 radical (unpaired) electrons. The van der Waals surface area contributed by atoms with Gasteiger partial charge in [0.1, 0.15) is 5.75 Å². The minimum absolute atomic E-state index is 0.0998. The van der Waals surface area contributed by atoms with Crippen molar-refractivity contribution in [2.75, 3.05) is 7.11 Å². The van der Waals surface area contributed by atoms with Gasteiger partial charge < -0.3 is 4.74 Å². The first-order chi connectivity index (χ1) is 8.81. The Labute approximate surface area is 116 Å². The Bertz CT molecular complexity index is 523. The van der Waals surface area contributed by atoms with Crippen LogP contribution in [0, 0.1) is 5.92 Å². The molecule has 1 aromatic carbocycles. The first-order valence-corrected chi connectivity index (χ1v) is 7.99. The molecule has 0 spiro atoms. The summed E-state index contributed by atoms with van der Waals surface area (Å²) in [4.78, 5) is 0.289. The van der Waals surface area contributed by atoms with Gasteiger partial charge in [-0.2, -0.15) is 0 Å². The van der Waals surface area contributed by atoms with Crippen molar-refractivity contribution in [1.82, 2.24) is 4.72 Å². The van der Waals surface area contributed by atoms with E-state index >= 15 is 0 Å². The Hall–Kier alpha value is -1.07. The van der Waals surface area contributed by atoms with Crippen LogP contribution in [0.5, 0.6) is 5.75 Å². The van der Waals surface area contributed by atoms with Crippen molar-refractivity contribution in [3.63, 3.8) is 0 Å². The lowest BCUT2D eigenvalue weighted by Gasteiger charge is -2.18. The fourth-order valence-electron chi connectivity index (χ4n) is 1.65. The second-order valence-electron chi connectivity index (χ2n) is 4.98. The molecule has 0 saturated carbocycles. The first kappa shape index (κ1) is 16.0. The average Bonchev–Trinajstić information content (AvgIpc) is 2.37. The third-order valence-electron chi connectivity index (χ3n) is 3.28. The van der Waals surface area contributed by atoms with Crippen LogP contribution in [0.3, 0.4) is 0 Å². The zero-order valence-electron chi connectivity index (χ0n) is 12.2. The summed E-state index contributed by atoms with van der Waals surface area (Å²) in [5.41, 5.74) is 0.891. The first-order valence-electron chi connectivity index (χ1n) is 6.51. The Morgan fingerprint density at radius 2 is 1.89 bits per heavy atom. The number of nitrogens with one attached hydrogen (secondary N) is 1. The van der Waals surface area contributed by atoms with Crippen LogP contribution < -0.4 is 9.46 Å². The Morgan fingerprint density at radius 1 is 1.26 bits per heavy atom. The normalized spacial score (nSPS) is 13.6. The zero-order chi connectivity index (χ0) is 14.6. The van der Waals surface area contributed by atoms with Crippen molar-refractivity contribution in [1.29, 1.82) is 0 Å². The molecule has 1 rings (SSSR count). The molecular weight excluding hydrogens is 262 g/mol. The minimum atomic E-state index is -3.47. The number of sulfonamides is 1. The van der Waals surface area contributed by atoms with E-state index in [1.165, 1.54) is 0 Å². The smallest absolute Gasteiger partial charge is 0.240 e. The minimum Gasteiger partial charge on any atom is -0.496 e. The van der Waals surface area contributed by atoms with Gasteiger partial charge in [-0.3, -0.25) is 0 Å². The van der Waals surface area contributed by atoms with Crippen LogP contribution in [0.25, 0.3) is 0 Å². The van der Waals surface area contributed by atoms with E-state index < -0.39 is 10.0 Å². The number of aryl methyl sites for hydroxylation is 1. The standard InChI is InChI=1S/C14H23NO3S/c1-6-12-9-13(7-8-14(12)18-5)19(16,17)15-11(4)10(2)3/h7-11,15H,6H2,1-5H3/t11-/m1/s1. The predicted octanol–water partition coefficient (Wildman–Crippen LogP) is 2.58. The second-order valence-corrected chi connectivity index (χ2v) is 6.70. The fourth-order valence-corrected chi connectivity index (χ4v) is 3.09. The highest BCUT2D eigenvalue weighted by Gasteiger charge is 2.20. The zero-order valence-corrected chi connectivity index (χ0v) is 13.0. The second kappa shape index (κ2) is 6.39. The van der Waals surface area contributed by atoms with Gasteiger partial charge in [-0.05, 0) is 43.0 Å². The number of hydrogen-bond donors (Lipinski definition) is 1. The van der Waals surface area contributed by atoms with E-state index in [9.17, 15) is 8.42 Å². The van der Waals surface area contributed by atoms with Gasteiger partial charge in [0.05, 0.1) is 12.0 Å². The van der Waals surface area contributed by atoms with E-state index in [1.54, 1.807) is 25.3 Å². The van der Waals surface area contributed by atoms with Crippen LogP contribution >= 0.6 is 0 Å². The maximum absolute atomic E-state index is 12.3.